The van der Waals surface area contributed by atoms with Gasteiger partial charge in [-0.15, -0.1) is 0 Å². The van der Waals surface area contributed by atoms with E-state index in [1.54, 1.807) is 7.05 Å². The highest BCUT2D eigenvalue weighted by atomic mass is 16.3. The van der Waals surface area contributed by atoms with Gasteiger partial charge >= 0.3 is 0 Å². The van der Waals surface area contributed by atoms with Crippen molar-refractivity contribution in [3.63, 3.8) is 0 Å². The number of aliphatic hydroxyl groups is 1. The van der Waals surface area contributed by atoms with Crippen LogP contribution in [0.15, 0.2) is 0 Å². The van der Waals surface area contributed by atoms with Gasteiger partial charge in [-0.05, 0) is 13.3 Å². The van der Waals surface area contributed by atoms with Gasteiger partial charge in [0, 0.05) is 18.5 Å². The molecule has 1 rings (SSSR count). The van der Waals surface area contributed by atoms with Gasteiger partial charge in [0.1, 0.15) is 0 Å². The van der Waals surface area contributed by atoms with Crippen molar-refractivity contribution >= 4 is 5.91 Å². The molecule has 0 bridgehead atoms. The second kappa shape index (κ2) is 3.87. The molecule has 82 valence electrons. The average Bonchev–Trinajstić information content (AvgIpc) is 2.16. The molecule has 14 heavy (non-hydrogen) atoms. The number of nitrogens with one attached hydrogen (secondary N) is 2. The molecule has 0 aromatic carbocycles. The minimum Gasteiger partial charge on any atom is -0.392 e. The van der Waals surface area contributed by atoms with Crippen LogP contribution in [0.25, 0.3) is 0 Å². The van der Waals surface area contributed by atoms with Crippen molar-refractivity contribution in [2.45, 2.75) is 45.4 Å². The second-order valence-corrected chi connectivity index (χ2v) is 4.63. The molecule has 3 unspecified atom stereocenters. The second-order valence-electron chi connectivity index (χ2n) is 4.63. The van der Waals surface area contributed by atoms with Gasteiger partial charge in [-0.1, -0.05) is 13.8 Å². The van der Waals surface area contributed by atoms with Gasteiger partial charge < -0.3 is 15.7 Å². The summed E-state index contributed by atoms with van der Waals surface area (Å²) in [6, 6.07) is 0.0292. The fraction of sp³-hybridized carbons (Fsp3) is 0.900. The molecule has 0 spiro atoms. The maximum atomic E-state index is 11.2. The predicted octanol–water partition coefficient (Wildman–Crippen LogP) is -0.130. The van der Waals surface area contributed by atoms with E-state index in [1.165, 1.54) is 0 Å². The topological polar surface area (TPSA) is 61.4 Å². The highest BCUT2D eigenvalue weighted by molar-refractivity contribution is 5.81. The van der Waals surface area contributed by atoms with E-state index in [1.807, 2.05) is 20.8 Å². The molecule has 3 atom stereocenters. The number of hydrogen-bond acceptors (Lipinski definition) is 3. The molecule has 1 saturated carbocycles. The van der Waals surface area contributed by atoms with E-state index in [4.69, 9.17) is 0 Å². The van der Waals surface area contributed by atoms with E-state index in [9.17, 15) is 9.90 Å². The van der Waals surface area contributed by atoms with Gasteiger partial charge in [-0.2, -0.15) is 0 Å². The Kier molecular flexibility index (Phi) is 3.17. The van der Waals surface area contributed by atoms with Crippen LogP contribution in [0.4, 0.5) is 0 Å². The largest absolute Gasteiger partial charge is 0.392 e. The molecule has 1 amide bonds. The summed E-state index contributed by atoms with van der Waals surface area (Å²) < 4.78 is 0. The van der Waals surface area contributed by atoms with Crippen molar-refractivity contribution < 1.29 is 9.90 Å². The maximum Gasteiger partial charge on any atom is 0.236 e. The zero-order valence-electron chi connectivity index (χ0n) is 9.29. The highest BCUT2D eigenvalue weighted by Gasteiger charge is 2.47. The lowest BCUT2D eigenvalue weighted by molar-refractivity contribution is -0.125. The number of rotatable bonds is 3. The Morgan fingerprint density at radius 1 is 1.57 bits per heavy atom. The molecular weight excluding hydrogens is 180 g/mol. The van der Waals surface area contributed by atoms with Gasteiger partial charge in [0.05, 0.1) is 12.1 Å². The summed E-state index contributed by atoms with van der Waals surface area (Å²) in [4.78, 5) is 11.2. The van der Waals surface area contributed by atoms with Crippen LogP contribution in [0.1, 0.15) is 27.2 Å². The number of hydrogen-bond donors (Lipinski definition) is 3. The van der Waals surface area contributed by atoms with Crippen LogP contribution in [0.2, 0.25) is 0 Å². The van der Waals surface area contributed by atoms with E-state index in [-0.39, 0.29) is 29.5 Å². The minimum absolute atomic E-state index is 0.0119. The Morgan fingerprint density at radius 3 is 2.50 bits per heavy atom. The summed E-state index contributed by atoms with van der Waals surface area (Å²) in [7, 11) is 1.63. The SMILES string of the molecule is CNC(=O)C(C)NC1CC(O)C1(C)C. The normalized spacial score (nSPS) is 31.8. The van der Waals surface area contributed by atoms with E-state index < -0.39 is 0 Å². The molecule has 0 aliphatic heterocycles. The summed E-state index contributed by atoms with van der Waals surface area (Å²) in [5.41, 5.74) is -0.123. The summed E-state index contributed by atoms with van der Waals surface area (Å²) in [6.07, 6.45) is 0.478. The molecule has 0 aromatic rings. The molecule has 0 saturated heterocycles. The zero-order valence-corrected chi connectivity index (χ0v) is 9.29. The van der Waals surface area contributed by atoms with Crippen molar-refractivity contribution in [1.82, 2.24) is 10.6 Å². The van der Waals surface area contributed by atoms with Crippen molar-refractivity contribution in [2.24, 2.45) is 5.41 Å². The Labute approximate surface area is 85.1 Å². The van der Waals surface area contributed by atoms with Gasteiger partial charge in [-0.25, -0.2) is 0 Å². The molecular formula is C10H20N2O2. The van der Waals surface area contributed by atoms with Crippen LogP contribution >= 0.6 is 0 Å². The Bertz CT molecular complexity index is 228. The molecule has 0 radical (unpaired) electrons. The maximum absolute atomic E-state index is 11.2. The summed E-state index contributed by atoms with van der Waals surface area (Å²) in [6.45, 7) is 5.85. The smallest absolute Gasteiger partial charge is 0.236 e. The first-order valence-corrected chi connectivity index (χ1v) is 5.05. The third-order valence-corrected chi connectivity index (χ3v) is 3.31. The van der Waals surface area contributed by atoms with Crippen LogP contribution in [0.5, 0.6) is 0 Å². The standard InChI is InChI=1S/C10H20N2O2/c1-6(9(14)11-4)12-7-5-8(13)10(7,2)3/h6-8,12-13H,5H2,1-4H3,(H,11,14). The molecule has 1 aliphatic carbocycles. The molecule has 0 heterocycles. The lowest BCUT2D eigenvalue weighted by Crippen LogP contribution is -2.63. The van der Waals surface area contributed by atoms with Crippen LogP contribution < -0.4 is 10.6 Å². The number of carbonyl (C=O) groups excluding carboxylic acids is 1. The van der Waals surface area contributed by atoms with E-state index >= 15 is 0 Å². The fourth-order valence-electron chi connectivity index (χ4n) is 1.78. The Morgan fingerprint density at radius 2 is 2.14 bits per heavy atom. The Balaban J connectivity index is 2.43. The van der Waals surface area contributed by atoms with Crippen molar-refractivity contribution in [1.29, 1.82) is 0 Å². The Hall–Kier alpha value is -0.610. The predicted molar refractivity (Wildman–Crippen MR) is 54.9 cm³/mol. The van der Waals surface area contributed by atoms with Crippen molar-refractivity contribution in [3.05, 3.63) is 0 Å². The van der Waals surface area contributed by atoms with Crippen molar-refractivity contribution in [2.75, 3.05) is 7.05 Å². The molecule has 0 aromatic heterocycles. The lowest BCUT2D eigenvalue weighted by atomic mass is 9.64. The summed E-state index contributed by atoms with van der Waals surface area (Å²) >= 11 is 0. The third-order valence-electron chi connectivity index (χ3n) is 3.31. The first-order chi connectivity index (χ1) is 6.39. The van der Waals surface area contributed by atoms with Crippen LogP contribution in [-0.2, 0) is 4.79 Å². The number of amides is 1. The van der Waals surface area contributed by atoms with Gasteiger partial charge in [-0.3, -0.25) is 4.79 Å². The van der Waals surface area contributed by atoms with Crippen LogP contribution in [0, 0.1) is 5.41 Å². The quantitative estimate of drug-likeness (QED) is 0.595. The number of likely N-dealkylation sites (N-methyl/N-ethyl adjacent to an activating group) is 1. The lowest BCUT2D eigenvalue weighted by Gasteiger charge is -2.50. The van der Waals surface area contributed by atoms with E-state index in [2.05, 4.69) is 10.6 Å². The third kappa shape index (κ3) is 1.91. The first-order valence-electron chi connectivity index (χ1n) is 5.05. The molecule has 4 nitrogen and oxygen atoms in total. The average molecular weight is 200 g/mol. The van der Waals surface area contributed by atoms with E-state index in [0.29, 0.717) is 0 Å². The molecule has 3 N–H and O–H groups in total. The molecule has 1 aliphatic rings. The highest BCUT2D eigenvalue weighted by Crippen LogP contribution is 2.40. The van der Waals surface area contributed by atoms with E-state index in [0.717, 1.165) is 6.42 Å². The van der Waals surface area contributed by atoms with Gasteiger partial charge in [0.15, 0.2) is 0 Å². The minimum atomic E-state index is -0.253. The fourth-order valence-corrected chi connectivity index (χ4v) is 1.78. The number of aliphatic hydroxyl groups excluding tert-OH is 1. The van der Waals surface area contributed by atoms with Crippen LogP contribution in [-0.4, -0.2) is 36.2 Å². The molecule has 4 heteroatoms. The van der Waals surface area contributed by atoms with Crippen LogP contribution in [0.3, 0.4) is 0 Å². The first kappa shape index (κ1) is 11.5. The summed E-state index contributed by atoms with van der Waals surface area (Å²) in [5, 5.41) is 15.3. The molecule has 1 fully saturated rings. The van der Waals surface area contributed by atoms with Gasteiger partial charge in [0.25, 0.3) is 0 Å². The van der Waals surface area contributed by atoms with Crippen molar-refractivity contribution in [3.8, 4) is 0 Å². The zero-order chi connectivity index (χ0) is 10.9. The summed E-state index contributed by atoms with van der Waals surface area (Å²) in [5.74, 6) is -0.0119. The monoisotopic (exact) mass is 200 g/mol. The number of carbonyl (C=O) groups is 1. The van der Waals surface area contributed by atoms with Gasteiger partial charge in [0.2, 0.25) is 5.91 Å².